The maximum absolute atomic E-state index is 4.32. The Morgan fingerprint density at radius 3 is 2.41 bits per heavy atom. The Morgan fingerprint density at radius 2 is 1.94 bits per heavy atom. The first kappa shape index (κ1) is 13.7. The summed E-state index contributed by atoms with van der Waals surface area (Å²) in [4.78, 5) is 8.65. The van der Waals surface area contributed by atoms with Gasteiger partial charge in [-0.3, -0.25) is 0 Å². The summed E-state index contributed by atoms with van der Waals surface area (Å²) in [6, 6.07) is 0.474. The molecule has 1 rings (SSSR count). The summed E-state index contributed by atoms with van der Waals surface area (Å²) in [6.45, 7) is 10.5. The maximum atomic E-state index is 4.32. The molecule has 3 nitrogen and oxygen atoms in total. The van der Waals surface area contributed by atoms with Crippen molar-refractivity contribution in [2.45, 2.75) is 52.5 Å². The highest BCUT2D eigenvalue weighted by Gasteiger charge is 2.08. The van der Waals surface area contributed by atoms with Crippen molar-refractivity contribution in [1.29, 1.82) is 0 Å². The van der Waals surface area contributed by atoms with Crippen molar-refractivity contribution in [1.82, 2.24) is 15.3 Å². The summed E-state index contributed by atoms with van der Waals surface area (Å²) in [5.41, 5.74) is 1.98. The number of aryl methyl sites for hydroxylation is 1. The smallest absolute Gasteiger partial charge is 0.174 e. The third-order valence-electron chi connectivity index (χ3n) is 2.89. The van der Waals surface area contributed by atoms with Crippen molar-refractivity contribution >= 4 is 5.70 Å². The molecule has 1 atom stereocenters. The number of hydrogen-bond acceptors (Lipinski definition) is 3. The first-order valence-corrected chi connectivity index (χ1v) is 6.47. The van der Waals surface area contributed by atoms with Crippen LogP contribution in [0.25, 0.3) is 5.70 Å². The van der Waals surface area contributed by atoms with Crippen LogP contribution in [-0.2, 0) is 6.42 Å². The van der Waals surface area contributed by atoms with Gasteiger partial charge in [0.25, 0.3) is 0 Å². The van der Waals surface area contributed by atoms with Crippen LogP contribution in [0.3, 0.4) is 0 Å². The van der Waals surface area contributed by atoms with Crippen LogP contribution in [-0.4, -0.2) is 16.0 Å². The van der Waals surface area contributed by atoms with E-state index in [-0.39, 0.29) is 0 Å². The van der Waals surface area contributed by atoms with Gasteiger partial charge in [0.05, 0.1) is 5.70 Å². The number of rotatable bonds is 7. The summed E-state index contributed by atoms with van der Waals surface area (Å²) in [7, 11) is 0. The maximum Gasteiger partial charge on any atom is 0.174 e. The molecular formula is C14H23N3. The van der Waals surface area contributed by atoms with E-state index in [1.165, 1.54) is 6.42 Å². The number of hydrogen-bond donors (Lipinski definition) is 1. The van der Waals surface area contributed by atoms with Gasteiger partial charge in [-0.25, -0.2) is 9.97 Å². The number of nitrogens with one attached hydrogen (secondary N) is 1. The summed E-state index contributed by atoms with van der Waals surface area (Å²) < 4.78 is 0. The fourth-order valence-electron chi connectivity index (χ4n) is 1.73. The van der Waals surface area contributed by atoms with E-state index in [1.807, 2.05) is 12.4 Å². The molecule has 1 unspecified atom stereocenters. The summed E-state index contributed by atoms with van der Waals surface area (Å²) in [5, 5.41) is 3.40. The van der Waals surface area contributed by atoms with E-state index in [0.717, 1.165) is 30.5 Å². The molecule has 0 saturated carbocycles. The van der Waals surface area contributed by atoms with Crippen LogP contribution >= 0.6 is 0 Å². The first-order valence-electron chi connectivity index (χ1n) is 6.47. The van der Waals surface area contributed by atoms with Gasteiger partial charge in [0.1, 0.15) is 0 Å². The third-order valence-corrected chi connectivity index (χ3v) is 2.89. The molecule has 0 amide bonds. The molecule has 0 spiro atoms. The quantitative estimate of drug-likeness (QED) is 0.786. The summed E-state index contributed by atoms with van der Waals surface area (Å²) in [6.07, 6.45) is 8.14. The predicted octanol–water partition coefficient (Wildman–Crippen LogP) is 3.18. The van der Waals surface area contributed by atoms with Gasteiger partial charge >= 0.3 is 0 Å². The minimum absolute atomic E-state index is 0.474. The second-order valence-electron chi connectivity index (χ2n) is 4.29. The summed E-state index contributed by atoms with van der Waals surface area (Å²) in [5.74, 6) is 0.705. The van der Waals surface area contributed by atoms with E-state index in [0.29, 0.717) is 11.9 Å². The van der Waals surface area contributed by atoms with Gasteiger partial charge in [-0.1, -0.05) is 33.8 Å². The molecule has 0 saturated heterocycles. The standard InChI is InChI=1S/C14H23N3/c1-5-8-13(7-3)17-11(4)14-15-9-12(6-2)10-16-14/h9-10,13,17H,4-8H2,1-3H3. The normalized spacial score (nSPS) is 12.2. The Morgan fingerprint density at radius 1 is 1.29 bits per heavy atom. The molecule has 0 fully saturated rings. The van der Waals surface area contributed by atoms with Crippen LogP contribution < -0.4 is 5.32 Å². The van der Waals surface area contributed by atoms with E-state index in [2.05, 4.69) is 42.6 Å². The monoisotopic (exact) mass is 233 g/mol. The molecule has 1 aromatic heterocycles. The SMILES string of the molecule is C=C(NC(CC)CCC)c1ncc(CC)cn1. The lowest BCUT2D eigenvalue weighted by Gasteiger charge is -2.18. The fraction of sp³-hybridized carbons (Fsp3) is 0.571. The van der Waals surface area contributed by atoms with Gasteiger partial charge in [0, 0.05) is 18.4 Å². The molecule has 0 aliphatic rings. The van der Waals surface area contributed by atoms with Crippen LogP contribution in [0.5, 0.6) is 0 Å². The van der Waals surface area contributed by atoms with Crippen molar-refractivity contribution in [3.63, 3.8) is 0 Å². The van der Waals surface area contributed by atoms with E-state index in [9.17, 15) is 0 Å². The van der Waals surface area contributed by atoms with Crippen molar-refractivity contribution < 1.29 is 0 Å². The van der Waals surface area contributed by atoms with Crippen molar-refractivity contribution in [3.05, 3.63) is 30.4 Å². The second kappa shape index (κ2) is 7.05. The van der Waals surface area contributed by atoms with Gasteiger partial charge in [0.2, 0.25) is 0 Å². The first-order chi connectivity index (χ1) is 8.21. The molecule has 0 aliphatic carbocycles. The van der Waals surface area contributed by atoms with Gasteiger partial charge in [-0.2, -0.15) is 0 Å². The molecule has 0 radical (unpaired) electrons. The Bertz CT molecular complexity index is 343. The molecule has 94 valence electrons. The van der Waals surface area contributed by atoms with Crippen LogP contribution in [0.2, 0.25) is 0 Å². The van der Waals surface area contributed by atoms with E-state index >= 15 is 0 Å². The zero-order valence-corrected chi connectivity index (χ0v) is 11.2. The summed E-state index contributed by atoms with van der Waals surface area (Å²) >= 11 is 0. The predicted molar refractivity (Wildman–Crippen MR) is 72.6 cm³/mol. The molecule has 3 heteroatoms. The molecule has 0 aliphatic heterocycles. The van der Waals surface area contributed by atoms with Crippen molar-refractivity contribution in [2.24, 2.45) is 0 Å². The van der Waals surface area contributed by atoms with Gasteiger partial charge in [0.15, 0.2) is 5.82 Å². The Kier molecular flexibility index (Phi) is 5.67. The molecular weight excluding hydrogens is 210 g/mol. The lowest BCUT2D eigenvalue weighted by Crippen LogP contribution is -2.27. The number of nitrogens with zero attached hydrogens (tertiary/aromatic N) is 2. The highest BCUT2D eigenvalue weighted by molar-refractivity contribution is 5.54. The minimum Gasteiger partial charge on any atom is -0.380 e. The van der Waals surface area contributed by atoms with Gasteiger partial charge in [-0.05, 0) is 24.8 Å². The highest BCUT2D eigenvalue weighted by atomic mass is 15.0. The topological polar surface area (TPSA) is 37.8 Å². The Balaban J connectivity index is 2.62. The zero-order chi connectivity index (χ0) is 12.7. The second-order valence-corrected chi connectivity index (χ2v) is 4.29. The Labute approximate surface area is 104 Å². The minimum atomic E-state index is 0.474. The van der Waals surface area contributed by atoms with Crippen LogP contribution in [0, 0.1) is 0 Å². The Hall–Kier alpha value is -1.38. The van der Waals surface area contributed by atoms with Crippen LogP contribution in [0.15, 0.2) is 19.0 Å². The zero-order valence-electron chi connectivity index (χ0n) is 11.2. The van der Waals surface area contributed by atoms with E-state index < -0.39 is 0 Å². The molecule has 1 aromatic rings. The highest BCUT2D eigenvalue weighted by Crippen LogP contribution is 2.09. The average Bonchev–Trinajstić information content (AvgIpc) is 2.38. The molecule has 0 aromatic carbocycles. The lowest BCUT2D eigenvalue weighted by molar-refractivity contribution is 0.527. The van der Waals surface area contributed by atoms with E-state index in [4.69, 9.17) is 0 Å². The van der Waals surface area contributed by atoms with Crippen molar-refractivity contribution in [2.75, 3.05) is 0 Å². The largest absolute Gasteiger partial charge is 0.380 e. The van der Waals surface area contributed by atoms with E-state index in [1.54, 1.807) is 0 Å². The third kappa shape index (κ3) is 4.17. The van der Waals surface area contributed by atoms with Gasteiger partial charge in [-0.15, -0.1) is 0 Å². The molecule has 0 bridgehead atoms. The fourth-order valence-corrected chi connectivity index (χ4v) is 1.73. The van der Waals surface area contributed by atoms with Crippen LogP contribution in [0.1, 0.15) is 51.4 Å². The molecule has 1 heterocycles. The molecule has 17 heavy (non-hydrogen) atoms. The number of aromatic nitrogens is 2. The lowest BCUT2D eigenvalue weighted by atomic mass is 10.1. The average molecular weight is 233 g/mol. The van der Waals surface area contributed by atoms with Crippen molar-refractivity contribution in [3.8, 4) is 0 Å². The van der Waals surface area contributed by atoms with Gasteiger partial charge < -0.3 is 5.32 Å². The van der Waals surface area contributed by atoms with Crippen LogP contribution in [0.4, 0.5) is 0 Å². The molecule has 1 N–H and O–H groups in total.